The van der Waals surface area contributed by atoms with Gasteiger partial charge in [0.1, 0.15) is 5.75 Å². The van der Waals surface area contributed by atoms with Gasteiger partial charge in [0, 0.05) is 13.5 Å². The number of carbonyl (C=O) groups excluding carboxylic acids is 1. The first-order valence-corrected chi connectivity index (χ1v) is 5.78. The second-order valence-electron chi connectivity index (χ2n) is 3.38. The summed E-state index contributed by atoms with van der Waals surface area (Å²) in [5.41, 5.74) is 1.01. The van der Waals surface area contributed by atoms with E-state index in [4.69, 9.17) is 0 Å². The molecule has 1 amide bonds. The number of benzene rings is 1. The fraction of sp³-hybridized carbons (Fsp3) is 0.250. The Balaban J connectivity index is 2.44. The summed E-state index contributed by atoms with van der Waals surface area (Å²) in [6.07, 6.45) is 4.72. The third-order valence-corrected chi connectivity index (χ3v) is 2.60. The zero-order valence-electron chi connectivity index (χ0n) is 9.03. The normalized spacial score (nSPS) is 10.6. The molecule has 0 bridgehead atoms. The van der Waals surface area contributed by atoms with Crippen molar-refractivity contribution in [1.82, 2.24) is 5.32 Å². The third-order valence-electron chi connectivity index (χ3n) is 1.97. The van der Waals surface area contributed by atoms with Crippen LogP contribution in [0.15, 0.2) is 28.7 Å². The van der Waals surface area contributed by atoms with E-state index in [2.05, 4.69) is 21.2 Å². The third kappa shape index (κ3) is 4.49. The molecule has 3 nitrogen and oxygen atoms in total. The molecule has 4 heteroatoms. The number of halogens is 1. The first-order chi connectivity index (χ1) is 7.59. The quantitative estimate of drug-likeness (QED) is 0.835. The Hall–Kier alpha value is -1.29. The van der Waals surface area contributed by atoms with Gasteiger partial charge in [-0.1, -0.05) is 18.2 Å². The molecule has 1 aromatic rings. The molecule has 1 rings (SSSR count). The fourth-order valence-corrected chi connectivity index (χ4v) is 1.57. The molecule has 0 radical (unpaired) electrons. The summed E-state index contributed by atoms with van der Waals surface area (Å²) in [4.78, 5) is 10.6. The lowest BCUT2D eigenvalue weighted by Gasteiger charge is -1.99. The summed E-state index contributed by atoms with van der Waals surface area (Å²) >= 11 is 3.25. The molecule has 86 valence electrons. The van der Waals surface area contributed by atoms with Crippen LogP contribution in [0.3, 0.4) is 0 Å². The molecular formula is C12H14BrNO2. The summed E-state index contributed by atoms with van der Waals surface area (Å²) < 4.78 is 0.677. The van der Waals surface area contributed by atoms with Crippen LogP contribution in [-0.4, -0.2) is 17.6 Å². The Morgan fingerprint density at radius 3 is 2.94 bits per heavy atom. The molecule has 0 atom stereocenters. The minimum atomic E-state index is -0.0132. The van der Waals surface area contributed by atoms with E-state index in [1.165, 1.54) is 6.92 Å². The average molecular weight is 284 g/mol. The van der Waals surface area contributed by atoms with Crippen LogP contribution >= 0.6 is 15.9 Å². The van der Waals surface area contributed by atoms with E-state index < -0.39 is 0 Å². The van der Waals surface area contributed by atoms with Crippen LogP contribution in [0.4, 0.5) is 0 Å². The molecule has 0 aromatic heterocycles. The van der Waals surface area contributed by atoms with Gasteiger partial charge in [0.05, 0.1) is 4.47 Å². The van der Waals surface area contributed by atoms with Crippen molar-refractivity contribution in [3.05, 3.63) is 34.3 Å². The number of carbonyl (C=O) groups is 1. The SMILES string of the molecule is CC(=O)NCCC=Cc1ccc(O)c(Br)c1. The molecule has 0 saturated carbocycles. The first-order valence-electron chi connectivity index (χ1n) is 4.99. The Labute approximate surface area is 103 Å². The van der Waals surface area contributed by atoms with Crippen LogP contribution in [0, 0.1) is 0 Å². The van der Waals surface area contributed by atoms with E-state index in [0.29, 0.717) is 11.0 Å². The maximum atomic E-state index is 10.6. The van der Waals surface area contributed by atoms with Crippen LogP contribution in [0.5, 0.6) is 5.75 Å². The minimum Gasteiger partial charge on any atom is -0.507 e. The van der Waals surface area contributed by atoms with E-state index in [1.54, 1.807) is 6.07 Å². The van der Waals surface area contributed by atoms with Crippen molar-refractivity contribution in [3.63, 3.8) is 0 Å². The molecule has 2 N–H and O–H groups in total. The number of aromatic hydroxyl groups is 1. The lowest BCUT2D eigenvalue weighted by atomic mass is 10.2. The summed E-state index contributed by atoms with van der Waals surface area (Å²) in [7, 11) is 0. The lowest BCUT2D eigenvalue weighted by molar-refractivity contribution is -0.118. The van der Waals surface area contributed by atoms with Gasteiger partial charge in [-0.2, -0.15) is 0 Å². The Kier molecular flexibility index (Phi) is 5.05. The van der Waals surface area contributed by atoms with Crippen molar-refractivity contribution < 1.29 is 9.90 Å². The Morgan fingerprint density at radius 2 is 2.31 bits per heavy atom. The molecule has 1 aromatic carbocycles. The van der Waals surface area contributed by atoms with Crippen molar-refractivity contribution in [3.8, 4) is 5.75 Å². The number of hydrogen-bond donors (Lipinski definition) is 2. The van der Waals surface area contributed by atoms with Gasteiger partial charge in [-0.15, -0.1) is 0 Å². The molecule has 0 aliphatic heterocycles. The lowest BCUT2D eigenvalue weighted by Crippen LogP contribution is -2.20. The number of nitrogens with one attached hydrogen (secondary N) is 1. The summed E-state index contributed by atoms with van der Waals surface area (Å²) in [6, 6.07) is 5.30. The molecule has 16 heavy (non-hydrogen) atoms. The summed E-state index contributed by atoms with van der Waals surface area (Å²) in [6.45, 7) is 2.14. The topological polar surface area (TPSA) is 49.3 Å². The van der Waals surface area contributed by atoms with E-state index >= 15 is 0 Å². The second-order valence-corrected chi connectivity index (χ2v) is 4.24. The van der Waals surface area contributed by atoms with Gasteiger partial charge in [0.2, 0.25) is 5.91 Å². The molecule has 0 fully saturated rings. The van der Waals surface area contributed by atoms with Crippen molar-refractivity contribution in [2.24, 2.45) is 0 Å². The highest BCUT2D eigenvalue weighted by Gasteiger charge is 1.96. The van der Waals surface area contributed by atoms with E-state index in [0.717, 1.165) is 12.0 Å². The van der Waals surface area contributed by atoms with Crippen molar-refractivity contribution in [1.29, 1.82) is 0 Å². The van der Waals surface area contributed by atoms with Crippen LogP contribution in [0.1, 0.15) is 18.9 Å². The van der Waals surface area contributed by atoms with E-state index in [1.807, 2.05) is 24.3 Å². The Morgan fingerprint density at radius 1 is 1.56 bits per heavy atom. The molecule has 0 heterocycles. The zero-order valence-corrected chi connectivity index (χ0v) is 10.6. The van der Waals surface area contributed by atoms with Crippen LogP contribution in [-0.2, 0) is 4.79 Å². The van der Waals surface area contributed by atoms with E-state index in [9.17, 15) is 9.90 Å². The van der Waals surface area contributed by atoms with E-state index in [-0.39, 0.29) is 11.7 Å². The molecular weight excluding hydrogens is 270 g/mol. The van der Waals surface area contributed by atoms with Gasteiger partial charge in [-0.25, -0.2) is 0 Å². The van der Waals surface area contributed by atoms with Gasteiger partial charge in [0.25, 0.3) is 0 Å². The van der Waals surface area contributed by atoms with Crippen LogP contribution in [0.25, 0.3) is 6.08 Å². The highest BCUT2D eigenvalue weighted by Crippen LogP contribution is 2.24. The molecule has 0 aliphatic carbocycles. The minimum absolute atomic E-state index is 0.0132. The van der Waals surface area contributed by atoms with Crippen molar-refractivity contribution >= 4 is 27.9 Å². The average Bonchev–Trinajstić information content (AvgIpc) is 2.22. The number of rotatable bonds is 4. The van der Waals surface area contributed by atoms with Crippen LogP contribution in [0.2, 0.25) is 0 Å². The number of amides is 1. The molecule has 0 saturated heterocycles. The molecule has 0 spiro atoms. The summed E-state index contributed by atoms with van der Waals surface area (Å²) in [5, 5.41) is 12.0. The molecule has 0 aliphatic rings. The largest absolute Gasteiger partial charge is 0.507 e. The van der Waals surface area contributed by atoms with Gasteiger partial charge in [-0.3, -0.25) is 4.79 Å². The smallest absolute Gasteiger partial charge is 0.216 e. The highest BCUT2D eigenvalue weighted by molar-refractivity contribution is 9.10. The maximum Gasteiger partial charge on any atom is 0.216 e. The zero-order chi connectivity index (χ0) is 12.0. The maximum absolute atomic E-state index is 10.6. The van der Waals surface area contributed by atoms with Crippen molar-refractivity contribution in [2.45, 2.75) is 13.3 Å². The monoisotopic (exact) mass is 283 g/mol. The number of phenols is 1. The standard InChI is InChI=1S/C12H14BrNO2/c1-9(15)14-7-3-2-4-10-5-6-12(16)11(13)8-10/h2,4-6,8,16H,3,7H2,1H3,(H,14,15). The highest BCUT2D eigenvalue weighted by atomic mass is 79.9. The van der Waals surface area contributed by atoms with Gasteiger partial charge in [0.15, 0.2) is 0 Å². The Bertz CT molecular complexity index is 402. The second kappa shape index (κ2) is 6.33. The first kappa shape index (κ1) is 12.8. The predicted octanol–water partition coefficient (Wildman–Crippen LogP) is 2.69. The van der Waals surface area contributed by atoms with Gasteiger partial charge in [-0.05, 0) is 40.0 Å². The number of hydrogen-bond acceptors (Lipinski definition) is 2. The van der Waals surface area contributed by atoms with Gasteiger partial charge < -0.3 is 10.4 Å². The van der Waals surface area contributed by atoms with Crippen LogP contribution < -0.4 is 5.32 Å². The van der Waals surface area contributed by atoms with Gasteiger partial charge >= 0.3 is 0 Å². The summed E-state index contributed by atoms with van der Waals surface area (Å²) in [5.74, 6) is 0.219. The number of phenolic OH excluding ortho intramolecular Hbond substituents is 1. The molecule has 0 unspecified atom stereocenters. The fourth-order valence-electron chi connectivity index (χ4n) is 1.18. The van der Waals surface area contributed by atoms with Crippen molar-refractivity contribution in [2.75, 3.05) is 6.54 Å². The predicted molar refractivity (Wildman–Crippen MR) is 68.1 cm³/mol.